The van der Waals surface area contributed by atoms with Gasteiger partial charge in [-0.3, -0.25) is 4.79 Å². The molecule has 0 aliphatic heterocycles. The van der Waals surface area contributed by atoms with E-state index < -0.39 is 0 Å². The first-order valence-electron chi connectivity index (χ1n) is 7.37. The van der Waals surface area contributed by atoms with Gasteiger partial charge in [0.1, 0.15) is 11.5 Å². The van der Waals surface area contributed by atoms with Crippen molar-refractivity contribution in [2.45, 2.75) is 13.8 Å². The Morgan fingerprint density at radius 2 is 1.71 bits per heavy atom. The molecule has 0 atom stereocenters. The Labute approximate surface area is 150 Å². The zero-order valence-corrected chi connectivity index (χ0v) is 14.7. The van der Waals surface area contributed by atoms with Gasteiger partial charge in [0.15, 0.2) is 0 Å². The number of halogens is 2. The summed E-state index contributed by atoms with van der Waals surface area (Å²) in [5.74, 6) is 0.860. The normalized spacial score (nSPS) is 10.7. The third kappa shape index (κ3) is 3.64. The van der Waals surface area contributed by atoms with Crippen molar-refractivity contribution in [1.29, 1.82) is 0 Å². The highest BCUT2D eigenvalue weighted by atomic mass is 35.5. The number of benzene rings is 2. The van der Waals surface area contributed by atoms with E-state index in [2.05, 4.69) is 5.32 Å². The first kappa shape index (κ1) is 16.6. The second-order valence-corrected chi connectivity index (χ2v) is 6.44. The smallest absolute Gasteiger partial charge is 0.259 e. The van der Waals surface area contributed by atoms with E-state index in [1.807, 2.05) is 31.2 Å². The Balaban J connectivity index is 1.89. The third-order valence-electron chi connectivity index (χ3n) is 3.59. The van der Waals surface area contributed by atoms with Crippen molar-refractivity contribution in [1.82, 2.24) is 0 Å². The van der Waals surface area contributed by atoms with Crippen LogP contribution in [-0.4, -0.2) is 5.91 Å². The molecule has 122 valence electrons. The van der Waals surface area contributed by atoms with Crippen LogP contribution < -0.4 is 5.32 Å². The first-order valence-corrected chi connectivity index (χ1v) is 8.13. The molecule has 1 heterocycles. The molecular weight excluding hydrogens is 345 g/mol. The topological polar surface area (TPSA) is 42.2 Å². The summed E-state index contributed by atoms with van der Waals surface area (Å²) < 4.78 is 5.72. The van der Waals surface area contributed by atoms with Crippen molar-refractivity contribution in [2.75, 3.05) is 5.32 Å². The molecule has 3 aromatic rings. The molecular formula is C19H15Cl2NO2. The minimum absolute atomic E-state index is 0.221. The van der Waals surface area contributed by atoms with Crippen LogP contribution in [0.3, 0.4) is 0 Å². The molecule has 1 N–H and O–H groups in total. The standard InChI is InChI=1S/C19H15Cl2NO2/c1-11-4-3-5-16(6-11)22-19(23)17-10-18(24-12(17)2)13-7-14(20)9-15(21)8-13/h3-10H,1-2H3,(H,22,23). The van der Waals surface area contributed by atoms with E-state index in [9.17, 15) is 4.79 Å². The molecule has 0 saturated heterocycles. The molecule has 0 spiro atoms. The quantitative estimate of drug-likeness (QED) is 0.611. The average molecular weight is 360 g/mol. The van der Waals surface area contributed by atoms with E-state index in [0.29, 0.717) is 27.1 Å². The molecule has 0 aliphatic carbocycles. The number of hydrogen-bond acceptors (Lipinski definition) is 2. The van der Waals surface area contributed by atoms with Crippen molar-refractivity contribution in [3.63, 3.8) is 0 Å². The van der Waals surface area contributed by atoms with Crippen LogP contribution in [0.1, 0.15) is 21.7 Å². The van der Waals surface area contributed by atoms with E-state index in [-0.39, 0.29) is 5.91 Å². The first-order chi connectivity index (χ1) is 11.4. The Morgan fingerprint density at radius 3 is 2.38 bits per heavy atom. The highest BCUT2D eigenvalue weighted by Crippen LogP contribution is 2.30. The number of furan rings is 1. The van der Waals surface area contributed by atoms with Gasteiger partial charge in [-0.1, -0.05) is 35.3 Å². The lowest BCUT2D eigenvalue weighted by Crippen LogP contribution is -2.12. The summed E-state index contributed by atoms with van der Waals surface area (Å²) >= 11 is 12.1. The summed E-state index contributed by atoms with van der Waals surface area (Å²) in [4.78, 5) is 12.5. The number of rotatable bonds is 3. The fourth-order valence-electron chi connectivity index (χ4n) is 2.47. The molecule has 3 nitrogen and oxygen atoms in total. The summed E-state index contributed by atoms with van der Waals surface area (Å²) in [6.07, 6.45) is 0. The molecule has 0 radical (unpaired) electrons. The Hall–Kier alpha value is -2.23. The van der Waals surface area contributed by atoms with Crippen LogP contribution >= 0.6 is 23.2 Å². The zero-order valence-electron chi connectivity index (χ0n) is 13.2. The maximum absolute atomic E-state index is 12.5. The average Bonchev–Trinajstić information content (AvgIpc) is 2.88. The van der Waals surface area contributed by atoms with Gasteiger partial charge in [-0.15, -0.1) is 0 Å². The van der Waals surface area contributed by atoms with E-state index in [4.69, 9.17) is 27.6 Å². The molecule has 0 unspecified atom stereocenters. The molecule has 2 aromatic carbocycles. The zero-order chi connectivity index (χ0) is 17.3. The highest BCUT2D eigenvalue weighted by Gasteiger charge is 2.17. The maximum atomic E-state index is 12.5. The van der Waals surface area contributed by atoms with E-state index in [1.54, 1.807) is 31.2 Å². The predicted molar refractivity (Wildman–Crippen MR) is 98.0 cm³/mol. The van der Waals surface area contributed by atoms with Crippen LogP contribution in [0.25, 0.3) is 11.3 Å². The fraction of sp³-hybridized carbons (Fsp3) is 0.105. The van der Waals surface area contributed by atoms with Crippen molar-refractivity contribution < 1.29 is 9.21 Å². The number of nitrogens with one attached hydrogen (secondary N) is 1. The molecule has 0 saturated carbocycles. The lowest BCUT2D eigenvalue weighted by Gasteiger charge is -2.04. The number of amides is 1. The lowest BCUT2D eigenvalue weighted by molar-refractivity contribution is 0.102. The Bertz CT molecular complexity index is 895. The van der Waals surface area contributed by atoms with Crippen LogP contribution in [0.2, 0.25) is 10.0 Å². The SMILES string of the molecule is Cc1cccc(NC(=O)c2cc(-c3cc(Cl)cc(Cl)c3)oc2C)c1. The van der Waals surface area contributed by atoms with Crippen molar-refractivity contribution in [2.24, 2.45) is 0 Å². The molecule has 0 fully saturated rings. The molecule has 0 aliphatic rings. The van der Waals surface area contributed by atoms with Gasteiger partial charge in [0, 0.05) is 21.3 Å². The van der Waals surface area contributed by atoms with E-state index in [0.717, 1.165) is 16.8 Å². The van der Waals surface area contributed by atoms with Crippen LogP contribution in [-0.2, 0) is 0 Å². The summed E-state index contributed by atoms with van der Waals surface area (Å²) in [5.41, 5.74) is 3.02. The van der Waals surface area contributed by atoms with Gasteiger partial charge in [-0.05, 0) is 55.8 Å². The highest BCUT2D eigenvalue weighted by molar-refractivity contribution is 6.35. The number of carbonyl (C=O) groups excluding carboxylic acids is 1. The van der Waals surface area contributed by atoms with Crippen molar-refractivity contribution >= 4 is 34.8 Å². The van der Waals surface area contributed by atoms with Crippen LogP contribution in [0.15, 0.2) is 52.9 Å². The van der Waals surface area contributed by atoms with Gasteiger partial charge in [0.2, 0.25) is 0 Å². The van der Waals surface area contributed by atoms with E-state index in [1.165, 1.54) is 0 Å². The molecule has 1 aromatic heterocycles. The molecule has 24 heavy (non-hydrogen) atoms. The van der Waals surface area contributed by atoms with Crippen LogP contribution in [0.5, 0.6) is 0 Å². The fourth-order valence-corrected chi connectivity index (χ4v) is 2.99. The van der Waals surface area contributed by atoms with Gasteiger partial charge < -0.3 is 9.73 Å². The molecule has 5 heteroatoms. The van der Waals surface area contributed by atoms with Gasteiger partial charge >= 0.3 is 0 Å². The lowest BCUT2D eigenvalue weighted by atomic mass is 10.1. The molecule has 3 rings (SSSR count). The molecule has 1 amide bonds. The monoisotopic (exact) mass is 359 g/mol. The Kier molecular flexibility index (Phi) is 4.65. The second kappa shape index (κ2) is 6.71. The van der Waals surface area contributed by atoms with Crippen molar-refractivity contribution in [3.05, 3.63) is 75.5 Å². The summed E-state index contributed by atoms with van der Waals surface area (Å²) in [6, 6.07) is 14.5. The summed E-state index contributed by atoms with van der Waals surface area (Å²) in [6.45, 7) is 3.72. The number of hydrogen-bond donors (Lipinski definition) is 1. The predicted octanol–water partition coefficient (Wildman–Crippen LogP) is 6.12. The maximum Gasteiger partial charge on any atom is 0.259 e. The van der Waals surface area contributed by atoms with Gasteiger partial charge in [0.05, 0.1) is 5.56 Å². The summed E-state index contributed by atoms with van der Waals surface area (Å²) in [5, 5.41) is 3.90. The number of carbonyl (C=O) groups is 1. The van der Waals surface area contributed by atoms with Crippen LogP contribution in [0, 0.1) is 13.8 Å². The van der Waals surface area contributed by atoms with Crippen molar-refractivity contribution in [3.8, 4) is 11.3 Å². The third-order valence-corrected chi connectivity index (χ3v) is 4.02. The second-order valence-electron chi connectivity index (χ2n) is 5.56. The minimum Gasteiger partial charge on any atom is -0.461 e. The summed E-state index contributed by atoms with van der Waals surface area (Å²) in [7, 11) is 0. The largest absolute Gasteiger partial charge is 0.461 e. The van der Waals surface area contributed by atoms with E-state index >= 15 is 0 Å². The Morgan fingerprint density at radius 1 is 1.00 bits per heavy atom. The molecule has 0 bridgehead atoms. The number of anilines is 1. The van der Waals surface area contributed by atoms with Crippen LogP contribution in [0.4, 0.5) is 5.69 Å². The van der Waals surface area contributed by atoms with Gasteiger partial charge in [-0.25, -0.2) is 0 Å². The van der Waals surface area contributed by atoms with Gasteiger partial charge in [-0.2, -0.15) is 0 Å². The minimum atomic E-state index is -0.221. The van der Waals surface area contributed by atoms with Gasteiger partial charge in [0.25, 0.3) is 5.91 Å². The number of aryl methyl sites for hydroxylation is 2.